The molecule has 0 N–H and O–H groups in total. The van der Waals surface area contributed by atoms with E-state index in [1.165, 1.54) is 12.1 Å². The van der Waals surface area contributed by atoms with Crippen molar-refractivity contribution in [1.29, 1.82) is 0 Å². The highest BCUT2D eigenvalue weighted by atomic mass is 19.1. The largest absolute Gasteiger partial charge is 0.460 e. The Balaban J connectivity index is 1.68. The molecule has 4 nitrogen and oxygen atoms in total. The molecule has 34 heavy (non-hydrogen) atoms. The van der Waals surface area contributed by atoms with Gasteiger partial charge in [-0.2, -0.15) is 0 Å². The summed E-state index contributed by atoms with van der Waals surface area (Å²) in [4.78, 5) is 23.3. The van der Waals surface area contributed by atoms with Gasteiger partial charge in [0, 0.05) is 40.7 Å². The number of rotatable bonds is 1. The molecule has 0 radical (unpaired) electrons. The molecule has 1 atom stereocenters. The molecular formula is C29H19FN2O2. The maximum absolute atomic E-state index is 14.4. The molecule has 0 fully saturated rings. The van der Waals surface area contributed by atoms with E-state index in [-0.39, 0.29) is 11.6 Å². The van der Waals surface area contributed by atoms with Crippen molar-refractivity contribution in [3.05, 3.63) is 101 Å². The van der Waals surface area contributed by atoms with Gasteiger partial charge in [-0.3, -0.25) is 4.79 Å². The molecule has 164 valence electrons. The van der Waals surface area contributed by atoms with Crippen LogP contribution in [0.15, 0.2) is 84.1 Å². The van der Waals surface area contributed by atoms with E-state index in [2.05, 4.69) is 0 Å². The van der Waals surface area contributed by atoms with Crippen LogP contribution >= 0.6 is 0 Å². The minimum atomic E-state index is -0.468. The summed E-state index contributed by atoms with van der Waals surface area (Å²) in [6.07, 6.45) is 1.89. The molecule has 0 saturated heterocycles. The average molecular weight is 446 g/mol. The predicted octanol–water partition coefficient (Wildman–Crippen LogP) is 6.61. The van der Waals surface area contributed by atoms with Crippen LogP contribution in [0, 0.1) is 5.82 Å². The SMILES string of the molecule is O=C1CCCC2=C1C(c1cccc(F)c1)c1c(c3ccccc3c3nc4ccccc4nc13)O2. The van der Waals surface area contributed by atoms with Crippen molar-refractivity contribution in [3.8, 4) is 5.75 Å². The van der Waals surface area contributed by atoms with Gasteiger partial charge in [0.1, 0.15) is 17.3 Å². The lowest BCUT2D eigenvalue weighted by atomic mass is 9.76. The van der Waals surface area contributed by atoms with Crippen molar-refractivity contribution < 1.29 is 13.9 Å². The van der Waals surface area contributed by atoms with Crippen LogP contribution in [0.4, 0.5) is 4.39 Å². The molecule has 7 rings (SSSR count). The first kappa shape index (κ1) is 19.4. The van der Waals surface area contributed by atoms with Crippen LogP contribution in [0.1, 0.15) is 36.3 Å². The van der Waals surface area contributed by atoms with Gasteiger partial charge < -0.3 is 4.74 Å². The van der Waals surface area contributed by atoms with Gasteiger partial charge in [0.25, 0.3) is 0 Å². The fourth-order valence-electron chi connectivity index (χ4n) is 5.44. The number of hydrogen-bond acceptors (Lipinski definition) is 4. The molecule has 2 aliphatic rings. The highest BCUT2D eigenvalue weighted by Gasteiger charge is 2.39. The van der Waals surface area contributed by atoms with E-state index in [1.54, 1.807) is 6.07 Å². The molecule has 2 heterocycles. The first-order valence-electron chi connectivity index (χ1n) is 11.5. The zero-order chi connectivity index (χ0) is 22.8. The Morgan fingerprint density at radius 3 is 2.35 bits per heavy atom. The van der Waals surface area contributed by atoms with Crippen molar-refractivity contribution in [1.82, 2.24) is 9.97 Å². The van der Waals surface area contributed by atoms with Crippen LogP contribution in [-0.2, 0) is 4.79 Å². The standard InChI is InChI=1S/C29H19FN2O2/c30-17-8-5-7-16(15-17)24-25-22(33)13-6-14-23(25)34-29-19-10-2-1-9-18(19)27-28(26(24)29)32-21-12-4-3-11-20(21)31-27/h1-5,7-12,15,24H,6,13-14H2. The zero-order valence-corrected chi connectivity index (χ0v) is 18.2. The number of benzene rings is 4. The van der Waals surface area contributed by atoms with Crippen molar-refractivity contribution >= 4 is 38.6 Å². The Hall–Kier alpha value is -4.12. The Bertz CT molecular complexity index is 1710. The topological polar surface area (TPSA) is 52.1 Å². The third-order valence-corrected chi connectivity index (χ3v) is 6.89. The van der Waals surface area contributed by atoms with Crippen LogP contribution in [0.5, 0.6) is 5.75 Å². The lowest BCUT2D eigenvalue weighted by molar-refractivity contribution is -0.116. The quantitative estimate of drug-likeness (QED) is 0.215. The van der Waals surface area contributed by atoms with E-state index in [4.69, 9.17) is 14.7 Å². The molecule has 1 unspecified atom stereocenters. The molecule has 0 saturated carbocycles. The van der Waals surface area contributed by atoms with E-state index in [0.717, 1.165) is 44.9 Å². The van der Waals surface area contributed by atoms with Gasteiger partial charge >= 0.3 is 0 Å². The number of aromatic nitrogens is 2. The van der Waals surface area contributed by atoms with Gasteiger partial charge in [0.05, 0.1) is 22.1 Å². The summed E-state index contributed by atoms with van der Waals surface area (Å²) in [6, 6.07) is 22.3. The maximum Gasteiger partial charge on any atom is 0.163 e. The summed E-state index contributed by atoms with van der Waals surface area (Å²) in [5, 5.41) is 1.86. The third-order valence-electron chi connectivity index (χ3n) is 6.89. The molecule has 1 aliphatic heterocycles. The van der Waals surface area contributed by atoms with E-state index >= 15 is 0 Å². The number of nitrogens with zero attached hydrogens (tertiary/aromatic N) is 2. The smallest absolute Gasteiger partial charge is 0.163 e. The second kappa shape index (κ2) is 7.19. The summed E-state index contributed by atoms with van der Waals surface area (Å²) >= 11 is 0. The summed E-state index contributed by atoms with van der Waals surface area (Å²) in [5.41, 5.74) is 5.13. The molecule has 5 aromatic rings. The molecule has 0 bridgehead atoms. The zero-order valence-electron chi connectivity index (χ0n) is 18.2. The summed E-state index contributed by atoms with van der Waals surface area (Å²) in [5.74, 6) is 0.630. The van der Waals surface area contributed by atoms with Gasteiger partial charge in [0.2, 0.25) is 0 Å². The van der Waals surface area contributed by atoms with E-state index in [1.807, 2.05) is 54.6 Å². The Morgan fingerprint density at radius 1 is 0.824 bits per heavy atom. The third kappa shape index (κ3) is 2.73. The minimum Gasteiger partial charge on any atom is -0.460 e. The minimum absolute atomic E-state index is 0.0521. The van der Waals surface area contributed by atoms with Crippen LogP contribution in [0.25, 0.3) is 32.8 Å². The lowest BCUT2D eigenvalue weighted by Crippen LogP contribution is -2.26. The average Bonchev–Trinajstić information content (AvgIpc) is 2.87. The number of ketones is 1. The Kier molecular flexibility index (Phi) is 4.09. The van der Waals surface area contributed by atoms with Crippen LogP contribution in [-0.4, -0.2) is 15.8 Å². The number of fused-ring (bicyclic) bond motifs is 7. The molecular weight excluding hydrogens is 427 g/mol. The molecule has 5 heteroatoms. The van der Waals surface area contributed by atoms with Crippen molar-refractivity contribution in [2.75, 3.05) is 0 Å². The van der Waals surface area contributed by atoms with Gasteiger partial charge in [-0.15, -0.1) is 0 Å². The number of carbonyl (C=O) groups is 1. The van der Waals surface area contributed by atoms with E-state index in [9.17, 15) is 9.18 Å². The molecule has 1 aliphatic carbocycles. The monoisotopic (exact) mass is 446 g/mol. The molecule has 0 amide bonds. The van der Waals surface area contributed by atoms with Gasteiger partial charge in [0.15, 0.2) is 5.78 Å². The number of para-hydroxylation sites is 2. The van der Waals surface area contributed by atoms with E-state index < -0.39 is 5.92 Å². The normalized spacial score (nSPS) is 17.7. The van der Waals surface area contributed by atoms with Crippen LogP contribution < -0.4 is 4.74 Å². The fraction of sp³-hybridized carbons (Fsp3) is 0.138. The van der Waals surface area contributed by atoms with Crippen molar-refractivity contribution in [2.24, 2.45) is 0 Å². The Labute approximate surface area is 194 Å². The molecule has 4 aromatic carbocycles. The number of Topliss-reactive ketones (excluding diaryl/α,β-unsaturated/α-hetero) is 1. The first-order valence-corrected chi connectivity index (χ1v) is 11.5. The summed E-state index contributed by atoms with van der Waals surface area (Å²) in [6.45, 7) is 0. The van der Waals surface area contributed by atoms with Crippen molar-refractivity contribution in [2.45, 2.75) is 25.2 Å². The number of ether oxygens (including phenoxy) is 1. The molecule has 0 spiro atoms. The Morgan fingerprint density at radius 2 is 1.56 bits per heavy atom. The number of carbonyl (C=O) groups excluding carboxylic acids is 1. The van der Waals surface area contributed by atoms with Gasteiger partial charge in [-0.1, -0.05) is 48.5 Å². The number of hydrogen-bond donors (Lipinski definition) is 0. The summed E-state index contributed by atoms with van der Waals surface area (Å²) in [7, 11) is 0. The predicted molar refractivity (Wildman–Crippen MR) is 129 cm³/mol. The van der Waals surface area contributed by atoms with Crippen LogP contribution in [0.3, 0.4) is 0 Å². The lowest BCUT2D eigenvalue weighted by Gasteiger charge is -2.34. The van der Waals surface area contributed by atoms with Gasteiger partial charge in [-0.25, -0.2) is 14.4 Å². The second-order valence-corrected chi connectivity index (χ2v) is 8.90. The fourth-order valence-corrected chi connectivity index (χ4v) is 5.44. The highest BCUT2D eigenvalue weighted by molar-refractivity contribution is 6.12. The second-order valence-electron chi connectivity index (χ2n) is 8.90. The highest BCUT2D eigenvalue weighted by Crippen LogP contribution is 2.52. The number of halogens is 1. The number of allylic oxidation sites excluding steroid dienone is 2. The maximum atomic E-state index is 14.4. The molecule has 1 aromatic heterocycles. The van der Waals surface area contributed by atoms with Gasteiger partial charge in [-0.05, 0) is 36.2 Å². The first-order chi connectivity index (χ1) is 16.7. The van der Waals surface area contributed by atoms with Crippen molar-refractivity contribution in [3.63, 3.8) is 0 Å². The van der Waals surface area contributed by atoms with E-state index in [0.29, 0.717) is 35.4 Å². The van der Waals surface area contributed by atoms with Crippen LogP contribution in [0.2, 0.25) is 0 Å². The summed E-state index contributed by atoms with van der Waals surface area (Å²) < 4.78 is 21.0.